The van der Waals surface area contributed by atoms with E-state index in [-0.39, 0.29) is 11.5 Å². The summed E-state index contributed by atoms with van der Waals surface area (Å²) in [6.07, 6.45) is 8.19. The van der Waals surface area contributed by atoms with Crippen molar-refractivity contribution in [3.8, 4) is 11.3 Å². The number of aromatic nitrogens is 2. The molecule has 0 bridgehead atoms. The molecule has 4 heterocycles. The van der Waals surface area contributed by atoms with Gasteiger partial charge in [0.2, 0.25) is 0 Å². The fourth-order valence-electron chi connectivity index (χ4n) is 7.10. The topological polar surface area (TPSA) is 50.4 Å². The first kappa shape index (κ1) is 23.0. The minimum Gasteiger partial charge on any atom is -0.478 e. The number of hydrogen-bond donors (Lipinski definition) is 1. The van der Waals surface area contributed by atoms with Gasteiger partial charge in [-0.15, -0.1) is 0 Å². The summed E-state index contributed by atoms with van der Waals surface area (Å²) in [4.78, 5) is 14.4. The van der Waals surface area contributed by atoms with Gasteiger partial charge in [0.05, 0.1) is 16.8 Å². The molecule has 1 aliphatic carbocycles. The van der Waals surface area contributed by atoms with E-state index >= 15 is 4.39 Å². The maximum atomic E-state index is 15.6. The van der Waals surface area contributed by atoms with Gasteiger partial charge in [0, 0.05) is 53.6 Å². The molecule has 192 valence electrons. The van der Waals surface area contributed by atoms with Gasteiger partial charge in [-0.05, 0) is 68.5 Å². The van der Waals surface area contributed by atoms with Crippen LogP contribution >= 0.6 is 0 Å². The zero-order chi connectivity index (χ0) is 25.1. The number of carboxylic acid groups (broad SMARTS) is 1. The number of para-hydroxylation sites is 1. The SMILES string of the molecule is O=C(O)c1ccc2c(C3CCCCC3F)c3n(c2c1)CCCn1cc(CCN2CCC2)c2cccc-3c21. The van der Waals surface area contributed by atoms with E-state index < -0.39 is 12.1 Å². The summed E-state index contributed by atoms with van der Waals surface area (Å²) in [5.41, 5.74) is 7.21. The van der Waals surface area contributed by atoms with Crippen LogP contribution in [0.4, 0.5) is 4.39 Å². The van der Waals surface area contributed by atoms with Crippen LogP contribution < -0.4 is 0 Å². The van der Waals surface area contributed by atoms with Crippen LogP contribution in [-0.2, 0) is 19.5 Å². The summed E-state index contributed by atoms with van der Waals surface area (Å²) in [6.45, 7) is 5.21. The summed E-state index contributed by atoms with van der Waals surface area (Å²) >= 11 is 0. The van der Waals surface area contributed by atoms with Crippen LogP contribution in [0.15, 0.2) is 42.6 Å². The maximum absolute atomic E-state index is 15.6. The maximum Gasteiger partial charge on any atom is 0.335 e. The van der Waals surface area contributed by atoms with Crippen molar-refractivity contribution in [1.82, 2.24) is 14.0 Å². The van der Waals surface area contributed by atoms with E-state index in [1.54, 1.807) is 12.1 Å². The first-order valence-electron chi connectivity index (χ1n) is 14.0. The molecule has 0 spiro atoms. The molecule has 2 aromatic carbocycles. The predicted octanol–water partition coefficient (Wildman–Crippen LogP) is 6.61. The molecule has 1 saturated heterocycles. The number of hydrogen-bond acceptors (Lipinski definition) is 2. The van der Waals surface area contributed by atoms with Gasteiger partial charge in [-0.1, -0.05) is 37.1 Å². The molecule has 0 amide bonds. The number of carbonyl (C=O) groups is 1. The second-order valence-corrected chi connectivity index (χ2v) is 11.2. The number of nitrogens with zero attached hydrogens (tertiary/aromatic N) is 3. The van der Waals surface area contributed by atoms with Crippen molar-refractivity contribution in [2.45, 2.75) is 70.1 Å². The van der Waals surface area contributed by atoms with Crippen LogP contribution in [0.25, 0.3) is 33.1 Å². The van der Waals surface area contributed by atoms with E-state index in [4.69, 9.17) is 0 Å². The fourth-order valence-corrected chi connectivity index (χ4v) is 7.10. The average Bonchev–Trinajstić information content (AvgIpc) is 3.37. The molecule has 1 saturated carbocycles. The molecule has 2 unspecified atom stereocenters. The van der Waals surface area contributed by atoms with Gasteiger partial charge in [-0.2, -0.15) is 0 Å². The molecular formula is C31H34FN3O2. The third kappa shape index (κ3) is 3.71. The highest BCUT2D eigenvalue weighted by Crippen LogP contribution is 2.47. The lowest BCUT2D eigenvalue weighted by Gasteiger charge is -2.30. The lowest BCUT2D eigenvalue weighted by Crippen LogP contribution is -2.38. The summed E-state index contributed by atoms with van der Waals surface area (Å²) in [7, 11) is 0. The Morgan fingerprint density at radius 1 is 0.973 bits per heavy atom. The predicted molar refractivity (Wildman–Crippen MR) is 145 cm³/mol. The van der Waals surface area contributed by atoms with Crippen molar-refractivity contribution in [2.24, 2.45) is 0 Å². The molecule has 2 aliphatic heterocycles. The summed E-state index contributed by atoms with van der Waals surface area (Å²) in [6, 6.07) is 12.0. The van der Waals surface area contributed by atoms with Gasteiger partial charge in [0.25, 0.3) is 0 Å². The number of benzene rings is 2. The van der Waals surface area contributed by atoms with E-state index in [2.05, 4.69) is 38.4 Å². The van der Waals surface area contributed by atoms with Crippen molar-refractivity contribution in [2.75, 3.05) is 19.6 Å². The Labute approximate surface area is 216 Å². The minimum atomic E-state index is -0.922. The standard InChI is InChI=1S/C31H34FN3O2/c32-26-9-2-1-6-23(26)28-24-11-10-20(31(36)37)18-27(24)35-16-5-15-34-19-21(12-17-33-13-4-14-33)22-7-3-8-25(29(22)34)30(28)35/h3,7-8,10-11,18-19,23,26H,1-2,4-6,9,12-17H2,(H,36,37). The third-order valence-corrected chi connectivity index (χ3v) is 9.07. The fraction of sp³-hybridized carbons (Fsp3) is 0.452. The van der Waals surface area contributed by atoms with Crippen LogP contribution in [0.1, 0.15) is 65.9 Å². The van der Waals surface area contributed by atoms with E-state index in [1.165, 1.54) is 36.0 Å². The van der Waals surface area contributed by atoms with Gasteiger partial charge in [0.15, 0.2) is 0 Å². The third-order valence-electron chi connectivity index (χ3n) is 9.07. The number of aryl methyl sites for hydroxylation is 2. The molecule has 6 heteroatoms. The molecule has 4 aromatic rings. The highest BCUT2D eigenvalue weighted by molar-refractivity contribution is 6.03. The Morgan fingerprint density at radius 2 is 1.81 bits per heavy atom. The largest absolute Gasteiger partial charge is 0.478 e. The highest BCUT2D eigenvalue weighted by atomic mass is 19.1. The quantitative estimate of drug-likeness (QED) is 0.336. The first-order chi connectivity index (χ1) is 18.1. The lowest BCUT2D eigenvalue weighted by atomic mass is 9.80. The number of carboxylic acids is 1. The van der Waals surface area contributed by atoms with Crippen molar-refractivity contribution < 1.29 is 14.3 Å². The second-order valence-electron chi connectivity index (χ2n) is 11.2. The van der Waals surface area contributed by atoms with E-state index in [0.29, 0.717) is 6.42 Å². The smallest absolute Gasteiger partial charge is 0.335 e. The van der Waals surface area contributed by atoms with Crippen LogP contribution in [0, 0.1) is 0 Å². The average molecular weight is 500 g/mol. The molecular weight excluding hydrogens is 465 g/mol. The second kappa shape index (κ2) is 9.02. The molecule has 2 fully saturated rings. The first-order valence-corrected chi connectivity index (χ1v) is 14.0. The Morgan fingerprint density at radius 3 is 2.59 bits per heavy atom. The monoisotopic (exact) mass is 499 g/mol. The molecule has 2 atom stereocenters. The molecule has 7 rings (SSSR count). The Bertz CT molecular complexity index is 1510. The van der Waals surface area contributed by atoms with E-state index in [9.17, 15) is 9.90 Å². The summed E-state index contributed by atoms with van der Waals surface area (Å²) in [5, 5.41) is 12.1. The zero-order valence-electron chi connectivity index (χ0n) is 21.3. The van der Waals surface area contributed by atoms with Crippen molar-refractivity contribution in [1.29, 1.82) is 0 Å². The van der Waals surface area contributed by atoms with Crippen molar-refractivity contribution in [3.05, 3.63) is 59.3 Å². The molecule has 0 radical (unpaired) electrons. The molecule has 1 N–H and O–H groups in total. The van der Waals surface area contributed by atoms with E-state index in [1.807, 2.05) is 6.07 Å². The van der Waals surface area contributed by atoms with E-state index in [0.717, 1.165) is 79.5 Å². The van der Waals surface area contributed by atoms with Gasteiger partial charge in [-0.25, -0.2) is 9.18 Å². The lowest BCUT2D eigenvalue weighted by molar-refractivity contribution is 0.0697. The summed E-state index contributed by atoms with van der Waals surface area (Å²) in [5.74, 6) is -1.08. The number of alkyl halides is 1. The molecule has 3 aliphatic rings. The van der Waals surface area contributed by atoms with Gasteiger partial charge < -0.3 is 19.1 Å². The number of rotatable bonds is 5. The Balaban J connectivity index is 1.48. The Kier molecular flexibility index (Phi) is 5.61. The number of fused-ring (bicyclic) bond motifs is 4. The molecule has 37 heavy (non-hydrogen) atoms. The van der Waals surface area contributed by atoms with Crippen LogP contribution in [0.3, 0.4) is 0 Å². The van der Waals surface area contributed by atoms with Gasteiger partial charge in [-0.3, -0.25) is 0 Å². The normalized spacial score (nSPS) is 22.0. The van der Waals surface area contributed by atoms with Crippen LogP contribution in [-0.4, -0.2) is 50.9 Å². The number of likely N-dealkylation sites (tertiary alicyclic amines) is 1. The van der Waals surface area contributed by atoms with Crippen molar-refractivity contribution in [3.63, 3.8) is 0 Å². The Hall–Kier alpha value is -3.12. The van der Waals surface area contributed by atoms with Crippen molar-refractivity contribution >= 4 is 27.8 Å². The van der Waals surface area contributed by atoms with Crippen LogP contribution in [0.5, 0.6) is 0 Å². The highest BCUT2D eigenvalue weighted by Gasteiger charge is 2.34. The number of aromatic carboxylic acids is 1. The molecule has 5 nitrogen and oxygen atoms in total. The summed E-state index contributed by atoms with van der Waals surface area (Å²) < 4.78 is 20.3. The number of halogens is 1. The van der Waals surface area contributed by atoms with Gasteiger partial charge in [0.1, 0.15) is 6.17 Å². The minimum absolute atomic E-state index is 0.160. The molecule has 2 aromatic heterocycles. The van der Waals surface area contributed by atoms with Crippen LogP contribution in [0.2, 0.25) is 0 Å². The zero-order valence-corrected chi connectivity index (χ0v) is 21.3. The van der Waals surface area contributed by atoms with Gasteiger partial charge >= 0.3 is 5.97 Å².